The summed E-state index contributed by atoms with van der Waals surface area (Å²) >= 11 is 0. The molecule has 1 N–H and O–H groups in total. The fourth-order valence-electron chi connectivity index (χ4n) is 2.19. The first-order valence-electron chi connectivity index (χ1n) is 6.37. The van der Waals surface area contributed by atoms with E-state index in [2.05, 4.69) is 15.3 Å². The van der Waals surface area contributed by atoms with Crippen LogP contribution in [0.3, 0.4) is 0 Å². The second kappa shape index (κ2) is 5.96. The maximum absolute atomic E-state index is 14.2. The number of ether oxygens (including phenoxy) is 1. The Morgan fingerprint density at radius 3 is 2.55 bits per heavy atom. The van der Waals surface area contributed by atoms with Gasteiger partial charge in [-0.05, 0) is 31.0 Å². The maximum atomic E-state index is 14.2. The molecule has 4 nitrogen and oxygen atoms in total. The van der Waals surface area contributed by atoms with Gasteiger partial charge in [0.25, 0.3) is 0 Å². The summed E-state index contributed by atoms with van der Waals surface area (Å²) in [5.74, 6) is 0.891. The van der Waals surface area contributed by atoms with Gasteiger partial charge in [-0.2, -0.15) is 0 Å². The summed E-state index contributed by atoms with van der Waals surface area (Å²) in [6.07, 6.45) is 0. The van der Waals surface area contributed by atoms with Crippen LogP contribution in [-0.2, 0) is 11.3 Å². The molecule has 0 aliphatic carbocycles. The van der Waals surface area contributed by atoms with E-state index in [0.29, 0.717) is 22.9 Å². The van der Waals surface area contributed by atoms with Crippen LogP contribution in [0.15, 0.2) is 18.2 Å². The number of hydrogen-bond donors (Lipinski definition) is 1. The Morgan fingerprint density at radius 2 is 1.95 bits per heavy atom. The molecular weight excluding hydrogens is 257 g/mol. The van der Waals surface area contributed by atoms with Crippen molar-refractivity contribution < 1.29 is 9.13 Å². The van der Waals surface area contributed by atoms with E-state index in [0.717, 1.165) is 11.1 Å². The van der Waals surface area contributed by atoms with E-state index in [4.69, 9.17) is 4.74 Å². The Kier molecular flexibility index (Phi) is 4.29. The van der Waals surface area contributed by atoms with E-state index >= 15 is 0 Å². The van der Waals surface area contributed by atoms with E-state index in [1.165, 1.54) is 6.07 Å². The van der Waals surface area contributed by atoms with E-state index < -0.39 is 0 Å². The molecule has 20 heavy (non-hydrogen) atoms. The maximum Gasteiger partial charge on any atom is 0.157 e. The van der Waals surface area contributed by atoms with Crippen molar-refractivity contribution in [3.8, 4) is 11.3 Å². The summed E-state index contributed by atoms with van der Waals surface area (Å²) in [5, 5.41) is 2.96. The van der Waals surface area contributed by atoms with Gasteiger partial charge >= 0.3 is 0 Å². The largest absolute Gasteiger partial charge is 0.377 e. The minimum absolute atomic E-state index is 0.272. The second-order valence-electron chi connectivity index (χ2n) is 4.68. The van der Waals surface area contributed by atoms with Crippen LogP contribution in [0.1, 0.15) is 17.0 Å². The van der Waals surface area contributed by atoms with Gasteiger partial charge in [0.05, 0.1) is 5.69 Å². The lowest BCUT2D eigenvalue weighted by molar-refractivity contribution is 0.178. The lowest BCUT2D eigenvalue weighted by Crippen LogP contribution is -2.04. The third-order valence-corrected chi connectivity index (χ3v) is 2.99. The van der Waals surface area contributed by atoms with Crippen LogP contribution in [-0.4, -0.2) is 24.1 Å². The van der Waals surface area contributed by atoms with Crippen molar-refractivity contribution in [2.75, 3.05) is 19.5 Å². The van der Waals surface area contributed by atoms with Crippen LogP contribution in [0.25, 0.3) is 11.3 Å². The second-order valence-corrected chi connectivity index (χ2v) is 4.68. The minimum Gasteiger partial charge on any atom is -0.377 e. The summed E-state index contributed by atoms with van der Waals surface area (Å²) in [5.41, 5.74) is 2.81. The molecule has 5 heteroatoms. The van der Waals surface area contributed by atoms with Gasteiger partial charge in [-0.25, -0.2) is 14.4 Å². The highest BCUT2D eigenvalue weighted by Gasteiger charge is 2.13. The first-order chi connectivity index (χ1) is 9.55. The molecule has 0 fully saturated rings. The van der Waals surface area contributed by atoms with Crippen molar-refractivity contribution in [2.24, 2.45) is 0 Å². The number of aryl methyl sites for hydroxylation is 2. The summed E-state index contributed by atoms with van der Waals surface area (Å²) in [7, 11) is 3.34. The van der Waals surface area contributed by atoms with Gasteiger partial charge in [-0.3, -0.25) is 0 Å². The molecule has 1 aromatic carbocycles. The van der Waals surface area contributed by atoms with E-state index in [-0.39, 0.29) is 12.4 Å². The fourth-order valence-corrected chi connectivity index (χ4v) is 2.19. The zero-order valence-corrected chi connectivity index (χ0v) is 12.1. The van der Waals surface area contributed by atoms with Gasteiger partial charge in [0.1, 0.15) is 18.2 Å². The van der Waals surface area contributed by atoms with E-state index in [9.17, 15) is 4.39 Å². The minimum atomic E-state index is -0.272. The van der Waals surface area contributed by atoms with Crippen molar-refractivity contribution >= 4 is 5.82 Å². The van der Waals surface area contributed by atoms with Crippen LogP contribution in [0.5, 0.6) is 0 Å². The molecule has 0 spiro atoms. The van der Waals surface area contributed by atoms with E-state index in [1.54, 1.807) is 20.2 Å². The molecule has 106 valence electrons. The lowest BCUT2D eigenvalue weighted by atomic mass is 10.0. The number of benzene rings is 1. The van der Waals surface area contributed by atoms with Gasteiger partial charge in [0.15, 0.2) is 5.82 Å². The number of nitrogens with one attached hydrogen (secondary N) is 1. The van der Waals surface area contributed by atoms with Crippen molar-refractivity contribution in [2.45, 2.75) is 20.5 Å². The predicted molar refractivity (Wildman–Crippen MR) is 77.2 cm³/mol. The quantitative estimate of drug-likeness (QED) is 0.931. The normalized spacial score (nSPS) is 10.7. The molecule has 0 saturated heterocycles. The molecule has 0 aliphatic rings. The zero-order valence-electron chi connectivity index (χ0n) is 12.1. The molecule has 1 heterocycles. The summed E-state index contributed by atoms with van der Waals surface area (Å²) in [6.45, 7) is 4.03. The smallest absolute Gasteiger partial charge is 0.157 e. The van der Waals surface area contributed by atoms with Gasteiger partial charge in [-0.1, -0.05) is 6.07 Å². The Bertz CT molecular complexity index is 606. The van der Waals surface area contributed by atoms with Crippen LogP contribution in [0.2, 0.25) is 0 Å². The highest BCUT2D eigenvalue weighted by atomic mass is 19.1. The van der Waals surface area contributed by atoms with Crippen LogP contribution < -0.4 is 5.32 Å². The number of nitrogens with zero attached hydrogens (tertiary/aromatic N) is 2. The fraction of sp³-hybridized carbons (Fsp3) is 0.333. The van der Waals surface area contributed by atoms with Gasteiger partial charge in [0, 0.05) is 25.8 Å². The summed E-state index contributed by atoms with van der Waals surface area (Å²) in [6, 6.07) is 5.19. The van der Waals surface area contributed by atoms with Crippen LogP contribution in [0.4, 0.5) is 10.2 Å². The van der Waals surface area contributed by atoms with Crippen molar-refractivity contribution in [3.05, 3.63) is 41.0 Å². The topological polar surface area (TPSA) is 47.0 Å². The molecule has 0 radical (unpaired) electrons. The highest BCUT2D eigenvalue weighted by Crippen LogP contribution is 2.27. The third-order valence-electron chi connectivity index (χ3n) is 2.99. The summed E-state index contributed by atoms with van der Waals surface area (Å²) in [4.78, 5) is 8.65. The molecule has 0 bridgehead atoms. The van der Waals surface area contributed by atoms with Crippen LogP contribution >= 0.6 is 0 Å². The number of aromatic nitrogens is 2. The van der Waals surface area contributed by atoms with Crippen molar-refractivity contribution in [1.82, 2.24) is 9.97 Å². The molecule has 2 rings (SSSR count). The number of anilines is 1. The first kappa shape index (κ1) is 14.4. The number of hydrogen-bond acceptors (Lipinski definition) is 4. The molecule has 0 unspecified atom stereocenters. The Morgan fingerprint density at radius 1 is 1.20 bits per heavy atom. The van der Waals surface area contributed by atoms with Gasteiger partial charge in [-0.15, -0.1) is 0 Å². The Labute approximate surface area is 118 Å². The SMILES string of the molecule is CNc1cc(-c2c(C)cc(C)cc2F)nc(COC)n1. The zero-order chi connectivity index (χ0) is 14.7. The number of halogens is 1. The highest BCUT2D eigenvalue weighted by molar-refractivity contribution is 5.67. The molecule has 0 aliphatic heterocycles. The molecule has 2 aromatic rings. The van der Waals surface area contributed by atoms with E-state index in [1.807, 2.05) is 19.9 Å². The van der Waals surface area contributed by atoms with Crippen LogP contribution in [0, 0.1) is 19.7 Å². The Hall–Kier alpha value is -2.01. The molecule has 0 atom stereocenters. The Balaban J connectivity index is 2.60. The number of methoxy groups -OCH3 is 1. The predicted octanol–water partition coefficient (Wildman–Crippen LogP) is 3.09. The molecule has 0 saturated carbocycles. The monoisotopic (exact) mass is 275 g/mol. The molecule has 0 amide bonds. The molecule has 1 aromatic heterocycles. The average Bonchev–Trinajstić information content (AvgIpc) is 2.37. The van der Waals surface area contributed by atoms with Crippen molar-refractivity contribution in [1.29, 1.82) is 0 Å². The third kappa shape index (κ3) is 2.93. The van der Waals surface area contributed by atoms with Gasteiger partial charge in [0.2, 0.25) is 0 Å². The van der Waals surface area contributed by atoms with Gasteiger partial charge < -0.3 is 10.1 Å². The summed E-state index contributed by atoms with van der Waals surface area (Å²) < 4.78 is 19.3. The number of rotatable bonds is 4. The van der Waals surface area contributed by atoms with Crippen molar-refractivity contribution in [3.63, 3.8) is 0 Å². The first-order valence-corrected chi connectivity index (χ1v) is 6.37. The average molecular weight is 275 g/mol. The lowest BCUT2D eigenvalue weighted by Gasteiger charge is -2.11. The molecular formula is C15H18FN3O. The standard InChI is InChI=1S/C15H18FN3O/c1-9-5-10(2)15(11(16)6-9)12-7-13(17-3)19-14(18-12)8-20-4/h5-7H,8H2,1-4H3,(H,17,18,19).